The van der Waals surface area contributed by atoms with Gasteiger partial charge in [-0.1, -0.05) is 127 Å². The summed E-state index contributed by atoms with van der Waals surface area (Å²) < 4.78 is 6.44. The number of benzene rings is 9. The fraction of sp³-hybridized carbons (Fsp3) is 0. The van der Waals surface area contributed by atoms with Gasteiger partial charge in [0.2, 0.25) is 0 Å². The zero-order valence-electron chi connectivity index (χ0n) is 26.1. The molecule has 2 nitrogen and oxygen atoms in total. The highest BCUT2D eigenvalue weighted by molar-refractivity contribution is 6.19. The lowest BCUT2D eigenvalue weighted by molar-refractivity contribution is 0.672. The number of rotatable bonds is 4. The van der Waals surface area contributed by atoms with E-state index in [2.05, 4.69) is 169 Å². The van der Waals surface area contributed by atoms with Crippen molar-refractivity contribution in [1.82, 2.24) is 0 Å². The predicted octanol–water partition coefficient (Wildman–Crippen LogP) is 13.3. The number of hydrogen-bond acceptors (Lipinski definition) is 2. The van der Waals surface area contributed by atoms with Crippen LogP contribution in [-0.4, -0.2) is 0 Å². The summed E-state index contributed by atoms with van der Waals surface area (Å²) in [6.45, 7) is 0. The first-order chi connectivity index (χ1) is 23.8. The van der Waals surface area contributed by atoms with Crippen molar-refractivity contribution in [3.63, 3.8) is 0 Å². The van der Waals surface area contributed by atoms with Gasteiger partial charge in [0.05, 0.1) is 5.69 Å². The highest BCUT2D eigenvalue weighted by Crippen LogP contribution is 2.43. The van der Waals surface area contributed by atoms with Crippen molar-refractivity contribution in [3.8, 4) is 11.1 Å². The molecule has 0 aliphatic heterocycles. The minimum atomic E-state index is 0.913. The highest BCUT2D eigenvalue weighted by Gasteiger charge is 2.18. The molecule has 48 heavy (non-hydrogen) atoms. The second-order valence-electron chi connectivity index (χ2n) is 12.5. The number of anilines is 3. The SMILES string of the molecule is c1ccc(N(c2ccc(-c3ccc4ccc5c6ccccc6ccc5c4c3)cc2)c2cccc3c2ccc2c4ccccc4oc32)cc1. The van der Waals surface area contributed by atoms with Crippen LogP contribution < -0.4 is 4.90 Å². The molecule has 0 spiro atoms. The molecular weight excluding hydrogens is 583 g/mol. The summed E-state index contributed by atoms with van der Waals surface area (Å²) in [5.74, 6) is 0. The van der Waals surface area contributed by atoms with Crippen LogP contribution in [0.1, 0.15) is 0 Å². The summed E-state index contributed by atoms with van der Waals surface area (Å²) in [5, 5.41) is 12.2. The van der Waals surface area contributed by atoms with Crippen molar-refractivity contribution >= 4 is 82.1 Å². The van der Waals surface area contributed by atoms with E-state index in [9.17, 15) is 0 Å². The van der Waals surface area contributed by atoms with E-state index in [-0.39, 0.29) is 0 Å². The van der Waals surface area contributed by atoms with Gasteiger partial charge in [0, 0.05) is 32.9 Å². The first kappa shape index (κ1) is 26.8. The summed E-state index contributed by atoms with van der Waals surface area (Å²) in [7, 11) is 0. The fourth-order valence-corrected chi connectivity index (χ4v) is 7.52. The lowest BCUT2D eigenvalue weighted by Gasteiger charge is -2.27. The Balaban J connectivity index is 1.10. The Hall–Kier alpha value is -6.38. The largest absolute Gasteiger partial charge is 0.455 e. The maximum absolute atomic E-state index is 6.44. The molecule has 0 amide bonds. The van der Waals surface area contributed by atoms with E-state index in [1.165, 1.54) is 43.4 Å². The average molecular weight is 612 g/mol. The van der Waals surface area contributed by atoms with Crippen molar-refractivity contribution in [3.05, 3.63) is 176 Å². The van der Waals surface area contributed by atoms with Crippen LogP contribution in [0.3, 0.4) is 0 Å². The fourth-order valence-electron chi connectivity index (χ4n) is 7.52. The highest BCUT2D eigenvalue weighted by atomic mass is 16.3. The van der Waals surface area contributed by atoms with E-state index >= 15 is 0 Å². The molecule has 2 heteroatoms. The molecule has 0 saturated heterocycles. The van der Waals surface area contributed by atoms with Crippen molar-refractivity contribution in [2.45, 2.75) is 0 Å². The van der Waals surface area contributed by atoms with E-state index < -0.39 is 0 Å². The van der Waals surface area contributed by atoms with Gasteiger partial charge < -0.3 is 9.32 Å². The molecular formula is C46H29NO. The Morgan fingerprint density at radius 2 is 0.917 bits per heavy atom. The molecule has 0 atom stereocenters. The van der Waals surface area contributed by atoms with Crippen molar-refractivity contribution < 1.29 is 4.42 Å². The van der Waals surface area contributed by atoms with Crippen LogP contribution in [-0.2, 0) is 0 Å². The van der Waals surface area contributed by atoms with Gasteiger partial charge in [0.1, 0.15) is 11.2 Å². The molecule has 9 aromatic carbocycles. The molecule has 10 aromatic rings. The first-order valence-corrected chi connectivity index (χ1v) is 16.4. The Labute approximate surface area is 277 Å². The van der Waals surface area contributed by atoms with Gasteiger partial charge in [-0.3, -0.25) is 0 Å². The maximum atomic E-state index is 6.44. The quantitative estimate of drug-likeness (QED) is 0.184. The van der Waals surface area contributed by atoms with E-state index in [1.54, 1.807) is 0 Å². The van der Waals surface area contributed by atoms with Gasteiger partial charge in [0.15, 0.2) is 0 Å². The zero-order chi connectivity index (χ0) is 31.6. The summed E-state index contributed by atoms with van der Waals surface area (Å²) in [5.41, 5.74) is 7.54. The summed E-state index contributed by atoms with van der Waals surface area (Å²) in [4.78, 5) is 2.35. The van der Waals surface area contributed by atoms with Gasteiger partial charge in [0.25, 0.3) is 0 Å². The van der Waals surface area contributed by atoms with Gasteiger partial charge >= 0.3 is 0 Å². The van der Waals surface area contributed by atoms with Crippen LogP contribution >= 0.6 is 0 Å². The second-order valence-corrected chi connectivity index (χ2v) is 12.5. The maximum Gasteiger partial charge on any atom is 0.143 e. The number of fused-ring (bicyclic) bond motifs is 10. The normalized spacial score (nSPS) is 11.8. The first-order valence-electron chi connectivity index (χ1n) is 16.4. The molecule has 0 unspecified atom stereocenters. The van der Waals surface area contributed by atoms with Crippen LogP contribution in [0.15, 0.2) is 180 Å². The third kappa shape index (κ3) is 4.13. The number of furan rings is 1. The Morgan fingerprint density at radius 3 is 1.77 bits per heavy atom. The number of para-hydroxylation sites is 2. The van der Waals surface area contributed by atoms with Crippen LogP contribution in [0, 0.1) is 0 Å². The van der Waals surface area contributed by atoms with E-state index in [0.29, 0.717) is 0 Å². The van der Waals surface area contributed by atoms with Crippen molar-refractivity contribution in [2.75, 3.05) is 4.90 Å². The molecule has 0 fully saturated rings. The third-order valence-corrected chi connectivity index (χ3v) is 9.84. The third-order valence-electron chi connectivity index (χ3n) is 9.84. The topological polar surface area (TPSA) is 16.4 Å². The van der Waals surface area contributed by atoms with Crippen LogP contribution in [0.5, 0.6) is 0 Å². The van der Waals surface area contributed by atoms with Gasteiger partial charge in [-0.2, -0.15) is 0 Å². The minimum absolute atomic E-state index is 0.913. The molecule has 10 rings (SSSR count). The Kier molecular flexibility index (Phi) is 5.91. The average Bonchev–Trinajstić information content (AvgIpc) is 3.55. The van der Waals surface area contributed by atoms with Crippen LogP contribution in [0.4, 0.5) is 17.1 Å². The summed E-state index contributed by atoms with van der Waals surface area (Å²) in [6, 6.07) is 63.3. The second kappa shape index (κ2) is 10.6. The molecule has 224 valence electrons. The molecule has 0 bridgehead atoms. The van der Waals surface area contributed by atoms with Crippen LogP contribution in [0.2, 0.25) is 0 Å². The number of hydrogen-bond donors (Lipinski definition) is 0. The predicted molar refractivity (Wildman–Crippen MR) is 204 cm³/mol. The molecule has 0 aliphatic carbocycles. The zero-order valence-corrected chi connectivity index (χ0v) is 26.1. The van der Waals surface area contributed by atoms with Gasteiger partial charge in [-0.05, 0) is 92.0 Å². The number of nitrogens with zero attached hydrogens (tertiary/aromatic N) is 1. The standard InChI is InChI=1S/C46H29NO/c1-2-10-34(11-3-1)47(44-15-8-14-41-39(44)27-28-42-40-13-6-7-16-45(40)48-46(41)42)35-23-19-30(20-24-35)33-18-17-32-22-25-37-36-12-5-4-9-31(36)21-26-38(37)43(32)29-33/h1-29H. The Morgan fingerprint density at radius 1 is 0.333 bits per heavy atom. The Bertz CT molecular complexity index is 2830. The van der Waals surface area contributed by atoms with Crippen molar-refractivity contribution in [2.24, 2.45) is 0 Å². The van der Waals surface area contributed by atoms with E-state index in [4.69, 9.17) is 4.42 Å². The molecule has 0 N–H and O–H groups in total. The minimum Gasteiger partial charge on any atom is -0.455 e. The molecule has 0 saturated carbocycles. The molecule has 0 aliphatic rings. The van der Waals surface area contributed by atoms with E-state index in [0.717, 1.165) is 49.8 Å². The van der Waals surface area contributed by atoms with Gasteiger partial charge in [-0.15, -0.1) is 0 Å². The van der Waals surface area contributed by atoms with Gasteiger partial charge in [-0.25, -0.2) is 0 Å². The molecule has 1 heterocycles. The smallest absolute Gasteiger partial charge is 0.143 e. The molecule has 1 aromatic heterocycles. The van der Waals surface area contributed by atoms with E-state index in [1.807, 2.05) is 12.1 Å². The van der Waals surface area contributed by atoms with Crippen molar-refractivity contribution in [1.29, 1.82) is 0 Å². The summed E-state index contributed by atoms with van der Waals surface area (Å²) in [6.07, 6.45) is 0. The monoisotopic (exact) mass is 611 g/mol. The summed E-state index contributed by atoms with van der Waals surface area (Å²) >= 11 is 0. The lowest BCUT2D eigenvalue weighted by Crippen LogP contribution is -2.10. The lowest BCUT2D eigenvalue weighted by atomic mass is 9.94. The van der Waals surface area contributed by atoms with Crippen LogP contribution in [0.25, 0.3) is 76.2 Å². The molecule has 0 radical (unpaired) electrons.